The van der Waals surface area contributed by atoms with Crippen LogP contribution in [0.2, 0.25) is 0 Å². The predicted molar refractivity (Wildman–Crippen MR) is 238 cm³/mol. The summed E-state index contributed by atoms with van der Waals surface area (Å²) in [7, 11) is 0. The Morgan fingerprint density at radius 2 is 0.673 bits per heavy atom. The zero-order chi connectivity index (χ0) is 35.5. The van der Waals surface area contributed by atoms with Crippen LogP contribution in [0.25, 0.3) is 61.9 Å². The third-order valence-electron chi connectivity index (χ3n) is 11.8. The predicted octanol–water partition coefficient (Wildman–Crippen LogP) is 17.7. The second-order valence-electron chi connectivity index (χ2n) is 15.8. The van der Waals surface area contributed by atoms with Crippen molar-refractivity contribution in [2.24, 2.45) is 0 Å². The maximum absolute atomic E-state index is 2.53. The van der Waals surface area contributed by atoms with Gasteiger partial charge in [0.15, 0.2) is 0 Å². The quantitative estimate of drug-likeness (QED) is 0.0610. The van der Waals surface area contributed by atoms with E-state index in [1.165, 1.54) is 183 Å². The molecule has 0 fully saturated rings. The SMILES string of the molecule is CCCCCCCCCCCCc1c2sc3cc4ccccc4cc3c2c(CCCCCCCCCCCC)c2sc3cc4ccccc4cc3c12. The molecule has 0 radical (unpaired) electrons. The summed E-state index contributed by atoms with van der Waals surface area (Å²) >= 11 is 4.18. The molecule has 2 heterocycles. The maximum atomic E-state index is 2.53. The number of aryl methyl sites for hydroxylation is 2. The lowest BCUT2D eigenvalue weighted by Crippen LogP contribution is -1.94. The lowest BCUT2D eigenvalue weighted by atomic mass is 9.91. The molecule has 0 aliphatic rings. The van der Waals surface area contributed by atoms with Crippen LogP contribution in [0.5, 0.6) is 0 Å². The van der Waals surface area contributed by atoms with Crippen molar-refractivity contribution in [1.29, 1.82) is 0 Å². The molecule has 52 heavy (non-hydrogen) atoms. The van der Waals surface area contributed by atoms with E-state index in [4.69, 9.17) is 0 Å². The molecule has 2 aromatic heterocycles. The van der Waals surface area contributed by atoms with E-state index in [9.17, 15) is 0 Å². The van der Waals surface area contributed by atoms with Gasteiger partial charge in [0.2, 0.25) is 0 Å². The van der Waals surface area contributed by atoms with Crippen LogP contribution >= 0.6 is 22.7 Å². The van der Waals surface area contributed by atoms with Crippen molar-refractivity contribution >= 4 is 84.6 Å². The normalized spacial score (nSPS) is 12.2. The zero-order valence-electron chi connectivity index (χ0n) is 32.3. The summed E-state index contributed by atoms with van der Waals surface area (Å²) in [6.07, 6.45) is 30.1. The molecule has 0 unspecified atom stereocenters. The Kier molecular flexibility index (Phi) is 13.6. The van der Waals surface area contributed by atoms with Gasteiger partial charge in [0.25, 0.3) is 0 Å². The molecule has 0 aliphatic carbocycles. The van der Waals surface area contributed by atoms with Crippen LogP contribution in [-0.4, -0.2) is 0 Å². The molecule has 0 amide bonds. The number of hydrogen-bond acceptors (Lipinski definition) is 2. The van der Waals surface area contributed by atoms with E-state index in [-0.39, 0.29) is 0 Å². The molecule has 0 bridgehead atoms. The van der Waals surface area contributed by atoms with E-state index >= 15 is 0 Å². The largest absolute Gasteiger partial charge is 0.135 e. The van der Waals surface area contributed by atoms with Crippen LogP contribution in [0.3, 0.4) is 0 Å². The van der Waals surface area contributed by atoms with Gasteiger partial charge in [-0.05, 0) is 82.6 Å². The van der Waals surface area contributed by atoms with Gasteiger partial charge in [-0.3, -0.25) is 0 Å². The molecule has 0 saturated heterocycles. The first-order valence-corrected chi connectivity index (χ1v) is 23.0. The first kappa shape index (κ1) is 37.4. The van der Waals surface area contributed by atoms with E-state index in [2.05, 4.69) is 109 Å². The Morgan fingerprint density at radius 3 is 1.02 bits per heavy atom. The van der Waals surface area contributed by atoms with E-state index in [1.807, 2.05) is 0 Å². The topological polar surface area (TPSA) is 0 Å². The van der Waals surface area contributed by atoms with Crippen LogP contribution in [-0.2, 0) is 12.8 Å². The molecule has 0 N–H and O–H groups in total. The summed E-state index contributed by atoms with van der Waals surface area (Å²) in [4.78, 5) is 0. The smallest absolute Gasteiger partial charge is 0.0397 e. The fourth-order valence-corrected chi connectivity index (χ4v) is 11.6. The molecular weight excluding hydrogens is 665 g/mol. The van der Waals surface area contributed by atoms with Gasteiger partial charge in [-0.1, -0.05) is 178 Å². The molecule has 0 saturated carbocycles. The highest BCUT2D eigenvalue weighted by Gasteiger charge is 2.22. The lowest BCUT2D eigenvalue weighted by Gasteiger charge is -2.13. The third kappa shape index (κ3) is 8.71. The summed E-state index contributed by atoms with van der Waals surface area (Å²) in [6, 6.07) is 28.1. The van der Waals surface area contributed by atoms with E-state index in [0.29, 0.717) is 0 Å². The highest BCUT2D eigenvalue weighted by atomic mass is 32.1. The number of hydrogen-bond donors (Lipinski definition) is 0. The monoisotopic (exact) mass is 726 g/mol. The molecule has 7 aromatic rings. The van der Waals surface area contributed by atoms with Crippen LogP contribution < -0.4 is 0 Å². The Hall–Kier alpha value is -2.94. The molecule has 0 aliphatic heterocycles. The molecule has 7 rings (SSSR count). The van der Waals surface area contributed by atoms with E-state index in [1.54, 1.807) is 31.3 Å². The van der Waals surface area contributed by atoms with Gasteiger partial charge in [-0.2, -0.15) is 0 Å². The fourth-order valence-electron chi connectivity index (χ4n) is 8.87. The van der Waals surface area contributed by atoms with Gasteiger partial charge in [0, 0.05) is 40.3 Å². The van der Waals surface area contributed by atoms with Crippen molar-refractivity contribution < 1.29 is 0 Å². The second kappa shape index (κ2) is 18.9. The average molecular weight is 727 g/mol. The Balaban J connectivity index is 1.23. The Labute approximate surface area is 322 Å². The van der Waals surface area contributed by atoms with Crippen molar-refractivity contribution in [3.8, 4) is 0 Å². The van der Waals surface area contributed by atoms with Crippen molar-refractivity contribution in [1.82, 2.24) is 0 Å². The summed E-state index contributed by atoms with van der Waals surface area (Å²) in [6.45, 7) is 4.63. The highest BCUT2D eigenvalue weighted by molar-refractivity contribution is 7.28. The van der Waals surface area contributed by atoms with Gasteiger partial charge in [-0.15, -0.1) is 22.7 Å². The van der Waals surface area contributed by atoms with Crippen LogP contribution in [0.1, 0.15) is 153 Å². The molecule has 0 spiro atoms. The number of unbranched alkanes of at least 4 members (excludes halogenated alkanes) is 18. The summed E-state index contributed by atoms with van der Waals surface area (Å²) in [5.41, 5.74) is 3.28. The highest BCUT2D eigenvalue weighted by Crippen LogP contribution is 2.49. The standard InChI is InChI=1S/C50H62S2/c1-3-5-7-9-11-13-15-17-19-21-31-41-47-43-33-37-27-23-25-29-39(37)35-45(43)52-50(47)42(32-22-20-18-16-14-12-10-8-6-4-2)48-44-34-38-28-24-26-30-40(38)36-46(44)51-49(41)48/h23-30,33-36H,3-22,31-32H2,1-2H3. The third-order valence-corrected chi connectivity index (χ3v) is 14.2. The van der Waals surface area contributed by atoms with Crippen molar-refractivity contribution in [2.45, 2.75) is 155 Å². The van der Waals surface area contributed by atoms with Gasteiger partial charge < -0.3 is 0 Å². The number of fused-ring (bicyclic) bond motifs is 8. The minimum absolute atomic E-state index is 1.19. The zero-order valence-corrected chi connectivity index (χ0v) is 33.9. The van der Waals surface area contributed by atoms with E-state index < -0.39 is 0 Å². The van der Waals surface area contributed by atoms with Crippen molar-refractivity contribution in [3.63, 3.8) is 0 Å². The fraction of sp³-hybridized carbons (Fsp3) is 0.480. The minimum Gasteiger partial charge on any atom is -0.135 e. The number of thiophene rings is 2. The molecule has 5 aromatic carbocycles. The first-order valence-electron chi connectivity index (χ1n) is 21.4. The molecule has 274 valence electrons. The van der Waals surface area contributed by atoms with Gasteiger partial charge in [0.1, 0.15) is 0 Å². The summed E-state index contributed by atoms with van der Waals surface area (Å²) < 4.78 is 6.11. The second-order valence-corrected chi connectivity index (χ2v) is 17.9. The molecule has 0 atom stereocenters. The average Bonchev–Trinajstić information content (AvgIpc) is 3.72. The summed E-state index contributed by atoms with van der Waals surface area (Å²) in [5.74, 6) is 0. The Bertz CT molecular complexity index is 2040. The maximum Gasteiger partial charge on any atom is 0.0397 e. The van der Waals surface area contributed by atoms with Crippen LogP contribution in [0.15, 0.2) is 72.8 Å². The minimum atomic E-state index is 1.19. The van der Waals surface area contributed by atoms with E-state index in [0.717, 1.165) is 0 Å². The van der Waals surface area contributed by atoms with Crippen LogP contribution in [0, 0.1) is 0 Å². The van der Waals surface area contributed by atoms with Gasteiger partial charge in [0.05, 0.1) is 0 Å². The first-order chi connectivity index (χ1) is 25.8. The van der Waals surface area contributed by atoms with Crippen LogP contribution in [0.4, 0.5) is 0 Å². The van der Waals surface area contributed by atoms with Gasteiger partial charge >= 0.3 is 0 Å². The number of rotatable bonds is 22. The Morgan fingerprint density at radius 1 is 0.365 bits per heavy atom. The lowest BCUT2D eigenvalue weighted by molar-refractivity contribution is 0.556. The number of benzene rings is 5. The summed E-state index contributed by atoms with van der Waals surface area (Å²) in [5, 5.41) is 11.7. The van der Waals surface area contributed by atoms with Crippen molar-refractivity contribution in [3.05, 3.63) is 83.9 Å². The molecule has 2 heteroatoms. The van der Waals surface area contributed by atoms with Crippen molar-refractivity contribution in [2.75, 3.05) is 0 Å². The van der Waals surface area contributed by atoms with Gasteiger partial charge in [-0.25, -0.2) is 0 Å². The molecule has 0 nitrogen and oxygen atoms in total. The molecular formula is C50H62S2.